The van der Waals surface area contributed by atoms with E-state index >= 15 is 0 Å². The number of carboxylic acid groups (broad SMARTS) is 1. The molecule has 2 rings (SSSR count). The van der Waals surface area contributed by atoms with Crippen molar-refractivity contribution in [3.05, 3.63) is 53.9 Å². The number of carbonyl (C=O) groups excluding carboxylic acids is 1. The van der Waals surface area contributed by atoms with Crippen molar-refractivity contribution in [2.24, 2.45) is 0 Å². The zero-order chi connectivity index (χ0) is 18.4. The number of hydrogen-bond acceptors (Lipinski definition) is 4. The highest BCUT2D eigenvalue weighted by Crippen LogP contribution is 2.18. The Balaban J connectivity index is 2.10. The number of benzene rings is 1. The van der Waals surface area contributed by atoms with Crippen molar-refractivity contribution in [3.8, 4) is 0 Å². The second-order valence-corrected chi connectivity index (χ2v) is 6.75. The zero-order valence-electron chi connectivity index (χ0n) is 14.6. The van der Waals surface area contributed by atoms with Crippen LogP contribution in [0.3, 0.4) is 0 Å². The van der Waals surface area contributed by atoms with Gasteiger partial charge in [-0.15, -0.1) is 0 Å². The van der Waals surface area contributed by atoms with Gasteiger partial charge in [-0.2, -0.15) is 5.10 Å². The molecule has 7 heteroatoms. The normalized spacial score (nSPS) is 12.4. The Labute approximate surface area is 146 Å². The largest absolute Gasteiger partial charge is 0.481 e. The van der Waals surface area contributed by atoms with E-state index < -0.39 is 23.7 Å². The molecule has 1 amide bonds. The first kappa shape index (κ1) is 18.5. The van der Waals surface area contributed by atoms with E-state index in [2.05, 4.69) is 10.4 Å². The maximum absolute atomic E-state index is 12.0. The predicted molar refractivity (Wildman–Crippen MR) is 92.1 cm³/mol. The van der Waals surface area contributed by atoms with Crippen LogP contribution in [0.1, 0.15) is 44.4 Å². The molecule has 0 bridgehead atoms. The lowest BCUT2D eigenvalue weighted by Gasteiger charge is -2.22. The van der Waals surface area contributed by atoms with E-state index in [4.69, 9.17) is 9.84 Å². The monoisotopic (exact) mass is 345 g/mol. The summed E-state index contributed by atoms with van der Waals surface area (Å²) in [5.74, 6) is -1.02. The zero-order valence-corrected chi connectivity index (χ0v) is 14.6. The van der Waals surface area contributed by atoms with Gasteiger partial charge in [0.15, 0.2) is 0 Å². The highest BCUT2D eigenvalue weighted by Gasteiger charge is 2.23. The second-order valence-electron chi connectivity index (χ2n) is 6.75. The third-order valence-electron chi connectivity index (χ3n) is 3.31. The van der Waals surface area contributed by atoms with Crippen LogP contribution in [-0.2, 0) is 16.1 Å². The molecule has 0 saturated heterocycles. The number of alkyl carbamates (subject to hydrolysis) is 1. The quantitative estimate of drug-likeness (QED) is 0.839. The molecule has 0 aliphatic carbocycles. The first-order chi connectivity index (χ1) is 11.7. The SMILES string of the molecule is CC(C)(C)OC(=O)N[C@H](CC(=O)O)c1cnn(Cc2ccccc2)c1. The summed E-state index contributed by atoms with van der Waals surface area (Å²) in [5.41, 5.74) is 1.03. The summed E-state index contributed by atoms with van der Waals surface area (Å²) in [7, 11) is 0. The van der Waals surface area contributed by atoms with Gasteiger partial charge in [0.1, 0.15) is 5.60 Å². The van der Waals surface area contributed by atoms with E-state index in [0.717, 1.165) is 5.56 Å². The molecule has 0 aliphatic heterocycles. The van der Waals surface area contributed by atoms with Gasteiger partial charge in [0, 0.05) is 11.8 Å². The lowest BCUT2D eigenvalue weighted by Crippen LogP contribution is -2.35. The fourth-order valence-corrected chi connectivity index (χ4v) is 2.29. The van der Waals surface area contributed by atoms with E-state index in [1.807, 2.05) is 30.3 Å². The maximum atomic E-state index is 12.0. The Morgan fingerprint density at radius 3 is 2.56 bits per heavy atom. The van der Waals surface area contributed by atoms with E-state index in [1.54, 1.807) is 37.8 Å². The van der Waals surface area contributed by atoms with Gasteiger partial charge in [-0.1, -0.05) is 30.3 Å². The van der Waals surface area contributed by atoms with E-state index in [9.17, 15) is 9.59 Å². The van der Waals surface area contributed by atoms with Crippen LogP contribution >= 0.6 is 0 Å². The molecule has 1 aromatic carbocycles. The molecule has 1 atom stereocenters. The Morgan fingerprint density at radius 2 is 1.96 bits per heavy atom. The molecule has 7 nitrogen and oxygen atoms in total. The van der Waals surface area contributed by atoms with Crippen molar-refractivity contribution in [1.29, 1.82) is 0 Å². The molecule has 0 saturated carbocycles. The van der Waals surface area contributed by atoms with Crippen LogP contribution in [0.25, 0.3) is 0 Å². The van der Waals surface area contributed by atoms with Crippen molar-refractivity contribution in [1.82, 2.24) is 15.1 Å². The molecule has 134 valence electrons. The maximum Gasteiger partial charge on any atom is 0.408 e. The number of ether oxygens (including phenoxy) is 1. The summed E-state index contributed by atoms with van der Waals surface area (Å²) in [6, 6.07) is 9.07. The molecule has 0 unspecified atom stereocenters. The van der Waals surface area contributed by atoms with Crippen LogP contribution in [0.15, 0.2) is 42.7 Å². The molecule has 1 aromatic heterocycles. The van der Waals surface area contributed by atoms with Gasteiger partial charge in [-0.25, -0.2) is 4.79 Å². The van der Waals surface area contributed by atoms with Gasteiger partial charge in [0.05, 0.1) is 25.2 Å². The topological polar surface area (TPSA) is 93.4 Å². The number of hydrogen-bond donors (Lipinski definition) is 2. The number of carboxylic acids is 1. The number of aliphatic carboxylic acids is 1. The minimum Gasteiger partial charge on any atom is -0.481 e. The van der Waals surface area contributed by atoms with Crippen molar-refractivity contribution < 1.29 is 19.4 Å². The molecule has 0 radical (unpaired) electrons. The molecule has 0 spiro atoms. The molecular formula is C18H23N3O4. The summed E-state index contributed by atoms with van der Waals surface area (Å²) in [5, 5.41) is 16.0. The van der Waals surface area contributed by atoms with E-state index in [-0.39, 0.29) is 6.42 Å². The highest BCUT2D eigenvalue weighted by atomic mass is 16.6. The number of nitrogens with one attached hydrogen (secondary N) is 1. The standard InChI is InChI=1S/C18H23N3O4/c1-18(2,3)25-17(24)20-15(9-16(22)23)14-10-19-21(12-14)11-13-7-5-4-6-8-13/h4-8,10,12,15H,9,11H2,1-3H3,(H,20,24)(H,22,23)/t15-/m1/s1. The molecule has 0 fully saturated rings. The van der Waals surface area contributed by atoms with Gasteiger partial charge in [-0.05, 0) is 26.3 Å². The number of carbonyl (C=O) groups is 2. The van der Waals surface area contributed by atoms with Crippen LogP contribution in [0, 0.1) is 0 Å². The molecule has 2 N–H and O–H groups in total. The Bertz CT molecular complexity index is 719. The summed E-state index contributed by atoms with van der Waals surface area (Å²) >= 11 is 0. The van der Waals surface area contributed by atoms with Crippen LogP contribution in [0.4, 0.5) is 4.79 Å². The van der Waals surface area contributed by atoms with Gasteiger partial charge in [0.2, 0.25) is 0 Å². The molecule has 25 heavy (non-hydrogen) atoms. The highest BCUT2D eigenvalue weighted by molar-refractivity contribution is 5.72. The summed E-state index contributed by atoms with van der Waals surface area (Å²) in [4.78, 5) is 23.1. The molecule has 2 aromatic rings. The van der Waals surface area contributed by atoms with Crippen LogP contribution in [0.2, 0.25) is 0 Å². The predicted octanol–water partition coefficient (Wildman–Crippen LogP) is 2.97. The van der Waals surface area contributed by atoms with Crippen molar-refractivity contribution in [3.63, 3.8) is 0 Å². The summed E-state index contributed by atoms with van der Waals surface area (Å²) < 4.78 is 6.91. The van der Waals surface area contributed by atoms with Crippen LogP contribution < -0.4 is 5.32 Å². The van der Waals surface area contributed by atoms with E-state index in [0.29, 0.717) is 12.1 Å². The van der Waals surface area contributed by atoms with Crippen molar-refractivity contribution in [2.75, 3.05) is 0 Å². The van der Waals surface area contributed by atoms with Gasteiger partial charge >= 0.3 is 12.1 Å². The smallest absolute Gasteiger partial charge is 0.408 e. The lowest BCUT2D eigenvalue weighted by atomic mass is 10.1. The second kappa shape index (κ2) is 7.83. The van der Waals surface area contributed by atoms with E-state index in [1.165, 1.54) is 0 Å². The average Bonchev–Trinajstić information content (AvgIpc) is 2.93. The number of amides is 1. The lowest BCUT2D eigenvalue weighted by molar-refractivity contribution is -0.137. The van der Waals surface area contributed by atoms with Crippen LogP contribution in [-0.4, -0.2) is 32.6 Å². The van der Waals surface area contributed by atoms with Crippen molar-refractivity contribution in [2.45, 2.75) is 45.4 Å². The minimum atomic E-state index is -1.02. The number of nitrogens with zero attached hydrogens (tertiary/aromatic N) is 2. The Kier molecular flexibility index (Phi) is 5.80. The molecular weight excluding hydrogens is 322 g/mol. The molecule has 1 heterocycles. The Morgan fingerprint density at radius 1 is 1.28 bits per heavy atom. The fourth-order valence-electron chi connectivity index (χ4n) is 2.29. The summed E-state index contributed by atoms with van der Waals surface area (Å²) in [6.45, 7) is 5.80. The third-order valence-corrected chi connectivity index (χ3v) is 3.31. The average molecular weight is 345 g/mol. The third kappa shape index (κ3) is 6.29. The fraction of sp³-hybridized carbons (Fsp3) is 0.389. The summed E-state index contributed by atoms with van der Waals surface area (Å²) in [6.07, 6.45) is 2.39. The first-order valence-corrected chi connectivity index (χ1v) is 8.00. The minimum absolute atomic E-state index is 0.254. The van der Waals surface area contributed by atoms with Crippen molar-refractivity contribution >= 4 is 12.1 Å². The molecule has 0 aliphatic rings. The van der Waals surface area contributed by atoms with Gasteiger partial charge < -0.3 is 15.2 Å². The number of aromatic nitrogens is 2. The van der Waals surface area contributed by atoms with Gasteiger partial charge in [-0.3, -0.25) is 9.48 Å². The number of rotatable bonds is 6. The van der Waals surface area contributed by atoms with Crippen LogP contribution in [0.5, 0.6) is 0 Å². The Hall–Kier alpha value is -2.83. The van der Waals surface area contributed by atoms with Gasteiger partial charge in [0.25, 0.3) is 0 Å². The first-order valence-electron chi connectivity index (χ1n) is 8.00.